The highest BCUT2D eigenvalue weighted by atomic mass is 28.4. The topological polar surface area (TPSA) is 76.0 Å². The van der Waals surface area contributed by atoms with Crippen LogP contribution in [0.2, 0.25) is 36.3 Å². The Bertz CT molecular complexity index is 617. The maximum atomic E-state index is 11.5. The van der Waals surface area contributed by atoms with Gasteiger partial charge in [-0.05, 0) is 74.3 Å². The van der Waals surface area contributed by atoms with Gasteiger partial charge in [0.05, 0.1) is 18.3 Å². The van der Waals surface area contributed by atoms with Crippen LogP contribution in [0.3, 0.4) is 0 Å². The second-order valence-electron chi connectivity index (χ2n) is 11.0. The molecule has 5 atom stereocenters. The van der Waals surface area contributed by atoms with Gasteiger partial charge in [0.2, 0.25) is 0 Å². The third-order valence-electron chi connectivity index (χ3n) is 9.17. The van der Waals surface area contributed by atoms with Gasteiger partial charge in [0.1, 0.15) is 0 Å². The number of unbranched alkanes of at least 4 members (excludes halogenated alkanes) is 2. The number of carboxylic acids is 1. The first-order chi connectivity index (χ1) is 17.2. The number of hydrogen-bond acceptors (Lipinski definition) is 4. The molecule has 1 saturated carbocycles. The lowest BCUT2D eigenvalue weighted by molar-refractivity contribution is -0.137. The van der Waals surface area contributed by atoms with E-state index in [4.69, 9.17) is 14.0 Å². The minimum Gasteiger partial charge on any atom is -0.481 e. The normalized spacial score (nSPS) is 24.0. The van der Waals surface area contributed by atoms with Crippen LogP contribution >= 0.6 is 0 Å². The molecule has 0 aromatic carbocycles. The molecule has 0 aliphatic heterocycles. The molecule has 2 N–H and O–H groups in total. The van der Waals surface area contributed by atoms with Crippen LogP contribution in [0, 0.1) is 11.8 Å². The van der Waals surface area contributed by atoms with Crippen LogP contribution in [0.1, 0.15) is 99.8 Å². The van der Waals surface area contributed by atoms with Crippen LogP contribution in [0.5, 0.6) is 0 Å². The second kappa shape index (κ2) is 17.2. The zero-order chi connectivity index (χ0) is 27.2. The maximum Gasteiger partial charge on any atom is 0.303 e. The van der Waals surface area contributed by atoms with Crippen molar-refractivity contribution in [3.8, 4) is 0 Å². The van der Waals surface area contributed by atoms with Crippen LogP contribution in [-0.2, 0) is 13.6 Å². The Hall–Kier alpha value is -0.476. The SMILES string of the molecule is CCCC[C@@H](O[Si](CC)(CC)CC)[C@@H]1[C@@H](CC=CCCCC(=O)O)[C@@H](O[Si](CC)(CC)CC)C[C@H]1O. The number of aliphatic hydroxyl groups is 1. The molecular formula is C29H58O5Si2. The van der Waals surface area contributed by atoms with Crippen molar-refractivity contribution in [3.63, 3.8) is 0 Å². The fourth-order valence-corrected chi connectivity index (χ4v) is 12.0. The van der Waals surface area contributed by atoms with E-state index in [2.05, 4.69) is 60.6 Å². The molecule has 7 heteroatoms. The predicted octanol–water partition coefficient (Wildman–Crippen LogP) is 8.16. The smallest absolute Gasteiger partial charge is 0.303 e. The third kappa shape index (κ3) is 9.68. The molecule has 1 aliphatic carbocycles. The molecular weight excluding hydrogens is 484 g/mol. The predicted molar refractivity (Wildman–Crippen MR) is 157 cm³/mol. The first-order valence-corrected chi connectivity index (χ1v) is 20.2. The molecule has 0 spiro atoms. The standard InChI is InChI=1S/C29H58O5Si2/c1-8-15-21-26(33-35(9-2,10-3)11-4)29-24(20-18-16-17-19-22-28(31)32)27(23-25(29)30)34-36(12-5,13-6)14-7/h16,18,24-27,29-30H,8-15,17,19-23H2,1-7H3,(H,31,32)/t24-,25+,26+,27-,29+/m0/s1. The number of rotatable bonds is 20. The zero-order valence-corrected chi connectivity index (χ0v) is 26.6. The van der Waals surface area contributed by atoms with Gasteiger partial charge in [-0.3, -0.25) is 4.79 Å². The van der Waals surface area contributed by atoms with Gasteiger partial charge in [-0.2, -0.15) is 0 Å². The second-order valence-corrected chi connectivity index (χ2v) is 20.4. The molecule has 0 amide bonds. The molecule has 1 fully saturated rings. The summed E-state index contributed by atoms with van der Waals surface area (Å²) in [6.07, 6.45) is 10.6. The first-order valence-electron chi connectivity index (χ1n) is 15.1. The average molecular weight is 543 g/mol. The molecule has 0 saturated heterocycles. The summed E-state index contributed by atoms with van der Waals surface area (Å²) < 4.78 is 14.2. The van der Waals surface area contributed by atoms with Crippen LogP contribution in [0.25, 0.3) is 0 Å². The van der Waals surface area contributed by atoms with Crippen LogP contribution in [-0.4, -0.2) is 51.1 Å². The number of aliphatic hydroxyl groups excluding tert-OH is 1. The van der Waals surface area contributed by atoms with E-state index in [1.54, 1.807) is 0 Å². The fourth-order valence-electron chi connectivity index (χ4n) is 6.19. The highest BCUT2D eigenvalue weighted by Gasteiger charge is 2.50. The molecule has 212 valence electrons. The summed E-state index contributed by atoms with van der Waals surface area (Å²) in [6.45, 7) is 15.9. The van der Waals surface area contributed by atoms with Gasteiger partial charge in [-0.25, -0.2) is 0 Å². The molecule has 0 radical (unpaired) electrons. The quantitative estimate of drug-likeness (QED) is 0.0922. The number of aliphatic carboxylic acids is 1. The molecule has 36 heavy (non-hydrogen) atoms. The van der Waals surface area contributed by atoms with E-state index >= 15 is 0 Å². The van der Waals surface area contributed by atoms with Crippen molar-refractivity contribution in [3.05, 3.63) is 12.2 Å². The van der Waals surface area contributed by atoms with Gasteiger partial charge >= 0.3 is 5.97 Å². The molecule has 0 unspecified atom stereocenters. The number of carboxylic acid groups (broad SMARTS) is 1. The lowest BCUT2D eigenvalue weighted by atomic mass is 9.84. The minimum atomic E-state index is -1.82. The Labute approximate surface area is 224 Å². The summed E-state index contributed by atoms with van der Waals surface area (Å²) in [5.41, 5.74) is 0. The number of hydrogen-bond donors (Lipinski definition) is 2. The monoisotopic (exact) mass is 542 g/mol. The van der Waals surface area contributed by atoms with Crippen molar-refractivity contribution in [1.29, 1.82) is 0 Å². The van der Waals surface area contributed by atoms with E-state index in [1.807, 2.05) is 0 Å². The summed E-state index contributed by atoms with van der Waals surface area (Å²) in [4.78, 5) is 10.9. The van der Waals surface area contributed by atoms with Crippen molar-refractivity contribution in [2.45, 2.75) is 154 Å². The molecule has 5 nitrogen and oxygen atoms in total. The lowest BCUT2D eigenvalue weighted by Gasteiger charge is -2.40. The van der Waals surface area contributed by atoms with Gasteiger partial charge in [0.25, 0.3) is 0 Å². The Morgan fingerprint density at radius 1 is 0.917 bits per heavy atom. The molecule has 0 heterocycles. The van der Waals surface area contributed by atoms with Crippen molar-refractivity contribution in [1.82, 2.24) is 0 Å². The van der Waals surface area contributed by atoms with E-state index in [-0.39, 0.29) is 30.5 Å². The number of carbonyl (C=O) groups is 1. The number of allylic oxidation sites excluding steroid dienone is 2. The van der Waals surface area contributed by atoms with Crippen molar-refractivity contribution in [2.24, 2.45) is 11.8 Å². The van der Waals surface area contributed by atoms with E-state index < -0.39 is 28.7 Å². The van der Waals surface area contributed by atoms with Crippen LogP contribution < -0.4 is 0 Å². The fraction of sp³-hybridized carbons (Fsp3) is 0.897. The molecule has 0 aromatic rings. The van der Waals surface area contributed by atoms with E-state index in [9.17, 15) is 9.90 Å². The van der Waals surface area contributed by atoms with E-state index in [0.717, 1.165) is 68.4 Å². The highest BCUT2D eigenvalue weighted by molar-refractivity contribution is 6.74. The summed E-state index contributed by atoms with van der Waals surface area (Å²) in [5, 5.41) is 20.4. The van der Waals surface area contributed by atoms with E-state index in [1.165, 1.54) is 0 Å². The lowest BCUT2D eigenvalue weighted by Crippen LogP contribution is -2.46. The largest absolute Gasteiger partial charge is 0.481 e. The highest BCUT2D eigenvalue weighted by Crippen LogP contribution is 2.45. The molecule has 0 aromatic heterocycles. The van der Waals surface area contributed by atoms with Crippen molar-refractivity contribution >= 4 is 22.6 Å². The van der Waals surface area contributed by atoms with Gasteiger partial charge < -0.3 is 19.1 Å². The summed E-state index contributed by atoms with van der Waals surface area (Å²) in [5.74, 6) is -0.396. The molecule has 1 rings (SSSR count). The zero-order valence-electron chi connectivity index (χ0n) is 24.6. The Morgan fingerprint density at radius 3 is 2.00 bits per heavy atom. The third-order valence-corrected chi connectivity index (χ3v) is 18.5. The first kappa shape index (κ1) is 33.6. The van der Waals surface area contributed by atoms with Crippen molar-refractivity contribution in [2.75, 3.05) is 0 Å². The molecule has 1 aliphatic rings. The molecule has 0 bridgehead atoms. The Morgan fingerprint density at radius 2 is 1.50 bits per heavy atom. The van der Waals surface area contributed by atoms with E-state index in [0.29, 0.717) is 12.8 Å². The van der Waals surface area contributed by atoms with Crippen LogP contribution in [0.4, 0.5) is 0 Å². The summed E-state index contributed by atoms with van der Waals surface area (Å²) in [6, 6.07) is 6.71. The minimum absolute atomic E-state index is 0.0776. The van der Waals surface area contributed by atoms with Gasteiger partial charge in [-0.1, -0.05) is 73.5 Å². The van der Waals surface area contributed by atoms with Gasteiger partial charge in [0.15, 0.2) is 16.6 Å². The maximum absolute atomic E-state index is 11.5. The van der Waals surface area contributed by atoms with Gasteiger partial charge in [-0.15, -0.1) is 0 Å². The summed E-state index contributed by atoms with van der Waals surface area (Å²) >= 11 is 0. The van der Waals surface area contributed by atoms with Gasteiger partial charge in [0, 0.05) is 12.3 Å². The Balaban J connectivity index is 3.26. The van der Waals surface area contributed by atoms with Crippen LogP contribution in [0.15, 0.2) is 12.2 Å². The Kier molecular flexibility index (Phi) is 16.0. The summed E-state index contributed by atoms with van der Waals surface area (Å²) in [7, 11) is -3.64. The van der Waals surface area contributed by atoms with Crippen molar-refractivity contribution < 1.29 is 23.9 Å². The average Bonchev–Trinajstić information content (AvgIpc) is 3.19.